The number of imidazole rings is 1. The molecule has 116 valence electrons. The number of anilines is 1. The minimum atomic E-state index is 0.372. The molecule has 3 heterocycles. The lowest BCUT2D eigenvalue weighted by molar-refractivity contribution is 0.615. The summed E-state index contributed by atoms with van der Waals surface area (Å²) in [5.41, 5.74) is 7.24. The maximum Gasteiger partial charge on any atom is 0.176 e. The van der Waals surface area contributed by atoms with E-state index in [9.17, 15) is 0 Å². The van der Waals surface area contributed by atoms with Crippen LogP contribution in [0.4, 0.5) is 5.82 Å². The van der Waals surface area contributed by atoms with Crippen LogP contribution in [-0.2, 0) is 6.54 Å². The van der Waals surface area contributed by atoms with Gasteiger partial charge >= 0.3 is 0 Å². The molecule has 3 aromatic heterocycles. The number of aryl methyl sites for hydroxylation is 1. The Labute approximate surface area is 146 Å². The lowest BCUT2D eigenvalue weighted by atomic mass is 10.3. The van der Waals surface area contributed by atoms with Gasteiger partial charge in [-0.1, -0.05) is 0 Å². The number of rotatable bonds is 5. The number of unbranched alkanes of at least 4 members (excludes halogenated alkanes) is 1. The Balaban J connectivity index is 2.00. The van der Waals surface area contributed by atoms with Gasteiger partial charge in [0, 0.05) is 23.6 Å². The molecule has 0 aromatic carbocycles. The number of nitrogens with two attached hydrogens (primary N) is 1. The number of halogens is 1. The molecule has 0 fully saturated rings. The SMILES string of the molecule is C#CCCCn1c(Sc2ccc(Br)cn2)nc2c(N)ncnc21. The molecule has 23 heavy (non-hydrogen) atoms. The van der Waals surface area contributed by atoms with Crippen LogP contribution in [-0.4, -0.2) is 24.5 Å². The molecule has 6 nitrogen and oxygen atoms in total. The molecule has 0 aliphatic heterocycles. The Kier molecular flexibility index (Phi) is 4.79. The number of hydrogen-bond acceptors (Lipinski definition) is 6. The Morgan fingerprint density at radius 2 is 2.17 bits per heavy atom. The summed E-state index contributed by atoms with van der Waals surface area (Å²) in [6.07, 6.45) is 10.1. The fourth-order valence-corrected chi connectivity index (χ4v) is 3.16. The normalized spacial score (nSPS) is 10.8. The molecule has 0 aliphatic rings. The number of aromatic nitrogens is 5. The second-order valence-electron chi connectivity index (χ2n) is 4.70. The first-order valence-electron chi connectivity index (χ1n) is 6.88. The first-order chi connectivity index (χ1) is 11.2. The number of hydrogen-bond donors (Lipinski definition) is 1. The van der Waals surface area contributed by atoms with Crippen LogP contribution in [0.5, 0.6) is 0 Å². The predicted octanol–water partition coefficient (Wildman–Crippen LogP) is 3.13. The van der Waals surface area contributed by atoms with Crippen molar-refractivity contribution in [3.05, 3.63) is 29.1 Å². The van der Waals surface area contributed by atoms with Crippen molar-refractivity contribution in [3.8, 4) is 12.3 Å². The van der Waals surface area contributed by atoms with E-state index in [4.69, 9.17) is 12.2 Å². The zero-order valence-corrected chi connectivity index (χ0v) is 14.5. The van der Waals surface area contributed by atoms with Crippen LogP contribution in [0.15, 0.2) is 39.3 Å². The minimum absolute atomic E-state index is 0.372. The fraction of sp³-hybridized carbons (Fsp3) is 0.200. The number of fused-ring (bicyclic) bond motifs is 1. The highest BCUT2D eigenvalue weighted by molar-refractivity contribution is 9.10. The van der Waals surface area contributed by atoms with Gasteiger partial charge in [-0.05, 0) is 46.2 Å². The summed E-state index contributed by atoms with van der Waals surface area (Å²) in [6, 6.07) is 3.86. The first kappa shape index (κ1) is 15.8. The first-order valence-corrected chi connectivity index (χ1v) is 8.49. The van der Waals surface area contributed by atoms with Crippen molar-refractivity contribution in [3.63, 3.8) is 0 Å². The van der Waals surface area contributed by atoms with Crippen molar-refractivity contribution < 1.29 is 0 Å². The van der Waals surface area contributed by atoms with E-state index in [1.807, 2.05) is 16.7 Å². The van der Waals surface area contributed by atoms with E-state index in [0.717, 1.165) is 27.6 Å². The van der Waals surface area contributed by atoms with Gasteiger partial charge in [0.15, 0.2) is 22.1 Å². The Morgan fingerprint density at radius 1 is 1.30 bits per heavy atom. The second kappa shape index (κ2) is 6.98. The zero-order chi connectivity index (χ0) is 16.2. The molecular formula is C15H13BrN6S. The molecule has 0 unspecified atom stereocenters. The predicted molar refractivity (Wildman–Crippen MR) is 93.9 cm³/mol. The van der Waals surface area contributed by atoms with E-state index in [-0.39, 0.29) is 0 Å². The summed E-state index contributed by atoms with van der Waals surface area (Å²) in [6.45, 7) is 0.718. The monoisotopic (exact) mass is 388 g/mol. The Bertz CT molecular complexity index is 868. The van der Waals surface area contributed by atoms with Gasteiger partial charge in [-0.3, -0.25) is 0 Å². The van der Waals surface area contributed by atoms with E-state index in [2.05, 4.69) is 41.8 Å². The van der Waals surface area contributed by atoms with Crippen LogP contribution < -0.4 is 5.73 Å². The van der Waals surface area contributed by atoms with Crippen molar-refractivity contribution in [2.24, 2.45) is 0 Å². The highest BCUT2D eigenvalue weighted by atomic mass is 79.9. The van der Waals surface area contributed by atoms with Gasteiger partial charge in [-0.2, -0.15) is 0 Å². The molecule has 0 atom stereocenters. The molecule has 0 spiro atoms. The van der Waals surface area contributed by atoms with Gasteiger partial charge in [0.2, 0.25) is 0 Å². The highest BCUT2D eigenvalue weighted by Gasteiger charge is 2.16. The molecule has 0 radical (unpaired) electrons. The molecule has 2 N–H and O–H groups in total. The Morgan fingerprint density at radius 3 is 2.91 bits per heavy atom. The molecular weight excluding hydrogens is 376 g/mol. The molecule has 3 aromatic rings. The zero-order valence-electron chi connectivity index (χ0n) is 12.1. The van der Waals surface area contributed by atoms with E-state index in [1.54, 1.807) is 6.20 Å². The van der Waals surface area contributed by atoms with Gasteiger partial charge in [0.1, 0.15) is 11.4 Å². The Hall–Kier alpha value is -2.11. The quantitative estimate of drug-likeness (QED) is 0.533. The summed E-state index contributed by atoms with van der Waals surface area (Å²) >= 11 is 4.84. The summed E-state index contributed by atoms with van der Waals surface area (Å²) in [4.78, 5) is 17.3. The van der Waals surface area contributed by atoms with Gasteiger partial charge in [0.25, 0.3) is 0 Å². The van der Waals surface area contributed by atoms with E-state index in [0.29, 0.717) is 23.4 Å². The van der Waals surface area contributed by atoms with Crippen LogP contribution in [0.3, 0.4) is 0 Å². The van der Waals surface area contributed by atoms with Crippen molar-refractivity contribution in [2.45, 2.75) is 29.6 Å². The largest absolute Gasteiger partial charge is 0.382 e. The summed E-state index contributed by atoms with van der Waals surface area (Å²) in [5.74, 6) is 3.02. The van der Waals surface area contributed by atoms with E-state index >= 15 is 0 Å². The van der Waals surface area contributed by atoms with Gasteiger partial charge in [-0.15, -0.1) is 12.3 Å². The van der Waals surface area contributed by atoms with Crippen LogP contribution in [0.2, 0.25) is 0 Å². The summed E-state index contributed by atoms with van der Waals surface area (Å²) < 4.78 is 2.94. The lowest BCUT2D eigenvalue weighted by Gasteiger charge is -2.06. The van der Waals surface area contributed by atoms with Crippen molar-refractivity contribution in [2.75, 3.05) is 5.73 Å². The average Bonchev–Trinajstić information content (AvgIpc) is 2.89. The van der Waals surface area contributed by atoms with Crippen molar-refractivity contribution in [1.29, 1.82) is 0 Å². The number of terminal acetylenes is 1. The molecule has 0 saturated carbocycles. The van der Waals surface area contributed by atoms with E-state index in [1.165, 1.54) is 18.1 Å². The number of nitrogens with zero attached hydrogens (tertiary/aromatic N) is 5. The van der Waals surface area contributed by atoms with Crippen LogP contribution in [0, 0.1) is 12.3 Å². The van der Waals surface area contributed by atoms with Crippen molar-refractivity contribution in [1.82, 2.24) is 24.5 Å². The molecule has 0 aliphatic carbocycles. The standard InChI is InChI=1S/C15H13BrN6S/c1-2-3-4-7-22-14-12(13(17)19-9-20-14)21-15(22)23-11-6-5-10(16)8-18-11/h1,5-6,8-9H,3-4,7H2,(H2,17,19,20). The average molecular weight is 389 g/mol. The van der Waals surface area contributed by atoms with Crippen LogP contribution >= 0.6 is 27.7 Å². The number of nitrogen functional groups attached to an aromatic ring is 1. The van der Waals surface area contributed by atoms with Gasteiger partial charge < -0.3 is 10.3 Å². The molecule has 3 rings (SSSR count). The maximum absolute atomic E-state index is 5.92. The van der Waals surface area contributed by atoms with Gasteiger partial charge in [0.05, 0.1) is 0 Å². The van der Waals surface area contributed by atoms with Crippen LogP contribution in [0.25, 0.3) is 11.2 Å². The van der Waals surface area contributed by atoms with Crippen molar-refractivity contribution >= 4 is 44.7 Å². The van der Waals surface area contributed by atoms with E-state index < -0.39 is 0 Å². The molecule has 8 heteroatoms. The highest BCUT2D eigenvalue weighted by Crippen LogP contribution is 2.30. The second-order valence-corrected chi connectivity index (χ2v) is 6.60. The minimum Gasteiger partial charge on any atom is -0.382 e. The fourth-order valence-electron chi connectivity index (χ4n) is 2.07. The third-order valence-corrected chi connectivity index (χ3v) is 4.54. The maximum atomic E-state index is 5.92. The lowest BCUT2D eigenvalue weighted by Crippen LogP contribution is -2.02. The molecule has 0 bridgehead atoms. The third-order valence-electron chi connectivity index (χ3n) is 3.12. The number of pyridine rings is 1. The smallest absolute Gasteiger partial charge is 0.176 e. The summed E-state index contributed by atoms with van der Waals surface area (Å²) in [7, 11) is 0. The molecule has 0 amide bonds. The third kappa shape index (κ3) is 3.46. The van der Waals surface area contributed by atoms with Crippen LogP contribution in [0.1, 0.15) is 12.8 Å². The molecule has 0 saturated heterocycles. The van der Waals surface area contributed by atoms with Gasteiger partial charge in [-0.25, -0.2) is 19.9 Å². The summed E-state index contributed by atoms with van der Waals surface area (Å²) in [5, 5.41) is 1.62. The topological polar surface area (TPSA) is 82.5 Å².